The summed E-state index contributed by atoms with van der Waals surface area (Å²) < 4.78 is 5.50. The first-order chi connectivity index (χ1) is 7.84. The van der Waals surface area contributed by atoms with Crippen LogP contribution in [0.4, 0.5) is 5.69 Å². The van der Waals surface area contributed by atoms with Crippen molar-refractivity contribution in [1.29, 1.82) is 0 Å². The Balaban J connectivity index is 1.94. The lowest BCUT2D eigenvalue weighted by Gasteiger charge is -2.30. The fourth-order valence-corrected chi connectivity index (χ4v) is 3.06. The summed E-state index contributed by atoms with van der Waals surface area (Å²) in [5.74, 6) is 1.30. The van der Waals surface area contributed by atoms with E-state index in [2.05, 4.69) is 17.4 Å². The van der Waals surface area contributed by atoms with Crippen molar-refractivity contribution in [2.75, 3.05) is 25.1 Å². The Morgan fingerprint density at radius 1 is 1.31 bits per heavy atom. The fourth-order valence-electron chi connectivity index (χ4n) is 2.88. The molecule has 0 amide bonds. The van der Waals surface area contributed by atoms with E-state index in [-0.39, 0.29) is 0 Å². The molecule has 0 radical (unpaired) electrons. The molecule has 2 atom stereocenters. The van der Waals surface area contributed by atoms with E-state index in [0.29, 0.717) is 11.8 Å². The topological polar surface area (TPSA) is 21.3 Å². The third-order valence-corrected chi connectivity index (χ3v) is 3.95. The van der Waals surface area contributed by atoms with E-state index in [0.717, 1.165) is 24.8 Å². The smallest absolute Gasteiger partial charge is 0.0500 e. The molecule has 1 saturated heterocycles. The highest BCUT2D eigenvalue weighted by atomic mass is 35.5. The highest BCUT2D eigenvalue weighted by molar-refractivity contribution is 6.30. The van der Waals surface area contributed by atoms with Gasteiger partial charge in [0.05, 0.1) is 6.61 Å². The number of hydrogen-bond acceptors (Lipinski definition) is 2. The predicted molar refractivity (Wildman–Crippen MR) is 66.2 cm³/mol. The molecule has 2 aliphatic heterocycles. The summed E-state index contributed by atoms with van der Waals surface area (Å²) in [4.78, 5) is 0. The third kappa shape index (κ3) is 1.80. The lowest BCUT2D eigenvalue weighted by molar-refractivity contribution is 0.179. The number of hydrogen-bond donors (Lipinski definition) is 1. The molecule has 1 aromatic rings. The summed E-state index contributed by atoms with van der Waals surface area (Å²) >= 11 is 6.09. The maximum atomic E-state index is 6.09. The van der Waals surface area contributed by atoms with Crippen LogP contribution in [-0.4, -0.2) is 19.8 Å². The highest BCUT2D eigenvalue weighted by Crippen LogP contribution is 2.40. The molecule has 1 fully saturated rings. The number of nitrogens with one attached hydrogen (secondary N) is 1. The molecule has 1 aromatic carbocycles. The molecule has 0 spiro atoms. The number of fused-ring (bicyclic) bond motifs is 1. The van der Waals surface area contributed by atoms with E-state index >= 15 is 0 Å². The van der Waals surface area contributed by atoms with Crippen LogP contribution in [0.1, 0.15) is 24.3 Å². The van der Waals surface area contributed by atoms with Crippen LogP contribution >= 0.6 is 11.6 Å². The molecular weight excluding hydrogens is 222 g/mol. The summed E-state index contributed by atoms with van der Waals surface area (Å²) in [7, 11) is 0. The van der Waals surface area contributed by atoms with Crippen LogP contribution in [0, 0.1) is 5.92 Å². The number of ether oxygens (including phenoxy) is 1. The SMILES string of the molecule is Clc1ccc2c(c1)C(C1CCOC1)CCN2. The quantitative estimate of drug-likeness (QED) is 0.810. The first kappa shape index (κ1) is 10.4. The van der Waals surface area contributed by atoms with Crippen LogP contribution in [0.2, 0.25) is 5.02 Å². The number of anilines is 1. The van der Waals surface area contributed by atoms with Crippen LogP contribution in [0.5, 0.6) is 0 Å². The molecule has 16 heavy (non-hydrogen) atoms. The van der Waals surface area contributed by atoms with Gasteiger partial charge >= 0.3 is 0 Å². The van der Waals surface area contributed by atoms with Gasteiger partial charge in [-0.25, -0.2) is 0 Å². The van der Waals surface area contributed by atoms with E-state index in [4.69, 9.17) is 16.3 Å². The van der Waals surface area contributed by atoms with Crippen LogP contribution in [0.25, 0.3) is 0 Å². The average molecular weight is 238 g/mol. The van der Waals surface area contributed by atoms with Crippen LogP contribution in [0.15, 0.2) is 18.2 Å². The minimum atomic E-state index is 0.623. The van der Waals surface area contributed by atoms with Gasteiger partial charge in [0.15, 0.2) is 0 Å². The minimum Gasteiger partial charge on any atom is -0.385 e. The second kappa shape index (κ2) is 4.27. The van der Waals surface area contributed by atoms with Crippen molar-refractivity contribution < 1.29 is 4.74 Å². The Labute approximate surface area is 101 Å². The predicted octanol–water partition coefficient (Wildman–Crippen LogP) is 3.28. The van der Waals surface area contributed by atoms with Crippen molar-refractivity contribution in [3.63, 3.8) is 0 Å². The average Bonchev–Trinajstić information content (AvgIpc) is 2.81. The van der Waals surface area contributed by atoms with Crippen molar-refractivity contribution in [1.82, 2.24) is 0 Å². The Bertz CT molecular complexity index is 388. The summed E-state index contributed by atoms with van der Waals surface area (Å²) in [6.45, 7) is 2.90. The van der Waals surface area contributed by atoms with Crippen molar-refractivity contribution in [2.24, 2.45) is 5.92 Å². The molecule has 0 saturated carbocycles. The minimum absolute atomic E-state index is 0.623. The number of halogens is 1. The fraction of sp³-hybridized carbons (Fsp3) is 0.538. The van der Waals surface area contributed by atoms with Crippen molar-refractivity contribution in [3.05, 3.63) is 28.8 Å². The molecular formula is C13H16ClNO. The molecule has 3 rings (SSSR count). The van der Waals surface area contributed by atoms with Gasteiger partial charge in [-0.1, -0.05) is 11.6 Å². The van der Waals surface area contributed by atoms with E-state index < -0.39 is 0 Å². The Kier molecular flexibility index (Phi) is 2.78. The lowest BCUT2D eigenvalue weighted by Crippen LogP contribution is -2.23. The first-order valence-corrected chi connectivity index (χ1v) is 6.33. The molecule has 3 heteroatoms. The van der Waals surface area contributed by atoms with Gasteiger partial charge in [0.2, 0.25) is 0 Å². The second-order valence-corrected chi connectivity index (χ2v) is 5.11. The second-order valence-electron chi connectivity index (χ2n) is 4.68. The van der Waals surface area contributed by atoms with Crippen LogP contribution < -0.4 is 5.32 Å². The zero-order chi connectivity index (χ0) is 11.0. The Morgan fingerprint density at radius 3 is 3.06 bits per heavy atom. The molecule has 1 N–H and O–H groups in total. The molecule has 2 heterocycles. The van der Waals surface area contributed by atoms with Crippen molar-refractivity contribution in [2.45, 2.75) is 18.8 Å². The maximum Gasteiger partial charge on any atom is 0.0500 e. The molecule has 0 aliphatic carbocycles. The van der Waals surface area contributed by atoms with E-state index in [9.17, 15) is 0 Å². The van der Waals surface area contributed by atoms with Gasteiger partial charge in [0.1, 0.15) is 0 Å². The normalized spacial score (nSPS) is 28.6. The van der Waals surface area contributed by atoms with Crippen molar-refractivity contribution >= 4 is 17.3 Å². The van der Waals surface area contributed by atoms with E-state index in [1.54, 1.807) is 0 Å². The highest BCUT2D eigenvalue weighted by Gasteiger charge is 2.30. The molecule has 0 aromatic heterocycles. The molecule has 2 nitrogen and oxygen atoms in total. The van der Waals surface area contributed by atoms with Gasteiger partial charge in [-0.05, 0) is 48.4 Å². The monoisotopic (exact) mass is 237 g/mol. The van der Waals surface area contributed by atoms with Crippen molar-refractivity contribution in [3.8, 4) is 0 Å². The maximum absolute atomic E-state index is 6.09. The van der Waals surface area contributed by atoms with Gasteiger partial charge in [0.25, 0.3) is 0 Å². The standard InChI is InChI=1S/C13H16ClNO/c14-10-1-2-13-12(7-10)11(3-5-15-13)9-4-6-16-8-9/h1-2,7,9,11,15H,3-6,8H2. The van der Waals surface area contributed by atoms with Crippen LogP contribution in [-0.2, 0) is 4.74 Å². The zero-order valence-corrected chi connectivity index (χ0v) is 9.96. The van der Waals surface area contributed by atoms with E-state index in [1.807, 2.05) is 6.07 Å². The van der Waals surface area contributed by atoms with Gasteiger partial charge in [-0.2, -0.15) is 0 Å². The van der Waals surface area contributed by atoms with Crippen LogP contribution in [0.3, 0.4) is 0 Å². The van der Waals surface area contributed by atoms with E-state index in [1.165, 1.54) is 24.1 Å². The number of benzene rings is 1. The first-order valence-electron chi connectivity index (χ1n) is 5.95. The van der Waals surface area contributed by atoms with Gasteiger partial charge in [-0.15, -0.1) is 0 Å². The molecule has 2 aliphatic rings. The third-order valence-electron chi connectivity index (χ3n) is 3.72. The summed E-state index contributed by atoms with van der Waals surface area (Å²) in [5.41, 5.74) is 2.64. The molecule has 0 bridgehead atoms. The summed E-state index contributed by atoms with van der Waals surface area (Å²) in [6, 6.07) is 6.17. The largest absolute Gasteiger partial charge is 0.385 e. The molecule has 86 valence electrons. The lowest BCUT2D eigenvalue weighted by atomic mass is 9.80. The van der Waals surface area contributed by atoms with Gasteiger partial charge in [-0.3, -0.25) is 0 Å². The molecule has 2 unspecified atom stereocenters. The number of rotatable bonds is 1. The zero-order valence-electron chi connectivity index (χ0n) is 9.21. The Morgan fingerprint density at radius 2 is 2.25 bits per heavy atom. The van der Waals surface area contributed by atoms with Gasteiger partial charge < -0.3 is 10.1 Å². The summed E-state index contributed by atoms with van der Waals surface area (Å²) in [5, 5.41) is 4.28. The summed E-state index contributed by atoms with van der Waals surface area (Å²) in [6.07, 6.45) is 2.39. The van der Waals surface area contributed by atoms with Gasteiger partial charge in [0, 0.05) is 23.9 Å². The Hall–Kier alpha value is -0.730.